The molecule has 0 fully saturated rings. The van der Waals surface area contributed by atoms with E-state index in [2.05, 4.69) is 0 Å². The van der Waals surface area contributed by atoms with Gasteiger partial charge in [0.2, 0.25) is 0 Å². The number of rotatable bonds is 8. The Bertz CT molecular complexity index is 416. The number of carboxylic acids is 2. The van der Waals surface area contributed by atoms with E-state index in [-0.39, 0.29) is 0 Å². The van der Waals surface area contributed by atoms with Crippen LogP contribution in [0.25, 0.3) is 0 Å². The quantitative estimate of drug-likeness (QED) is 0.768. The van der Waals surface area contributed by atoms with E-state index in [1.165, 1.54) is 23.5 Å². The molecule has 0 radical (unpaired) electrons. The van der Waals surface area contributed by atoms with Crippen LogP contribution in [-0.2, 0) is 21.1 Å². The van der Waals surface area contributed by atoms with Crippen molar-refractivity contribution >= 4 is 35.5 Å². The molecule has 4 nitrogen and oxygen atoms in total. The van der Waals surface area contributed by atoms with Crippen molar-refractivity contribution in [3.05, 3.63) is 35.4 Å². The van der Waals surface area contributed by atoms with E-state index in [4.69, 9.17) is 10.2 Å². The van der Waals surface area contributed by atoms with Gasteiger partial charge >= 0.3 is 11.9 Å². The van der Waals surface area contributed by atoms with Gasteiger partial charge in [0.05, 0.1) is 10.5 Å². The molecule has 0 saturated heterocycles. The van der Waals surface area contributed by atoms with Crippen LogP contribution in [0.15, 0.2) is 24.3 Å². The highest BCUT2D eigenvalue weighted by atomic mass is 32.2. The second-order valence-corrected chi connectivity index (χ2v) is 7.06. The van der Waals surface area contributed by atoms with Gasteiger partial charge < -0.3 is 10.2 Å². The molecule has 110 valence electrons. The van der Waals surface area contributed by atoms with E-state index in [0.717, 1.165) is 11.1 Å². The zero-order chi connectivity index (χ0) is 15.1. The van der Waals surface area contributed by atoms with Crippen molar-refractivity contribution in [2.24, 2.45) is 0 Å². The van der Waals surface area contributed by atoms with Crippen molar-refractivity contribution in [1.82, 2.24) is 0 Å². The number of carboxylic acid groups (broad SMARTS) is 2. The van der Waals surface area contributed by atoms with Gasteiger partial charge in [-0.15, -0.1) is 23.5 Å². The van der Waals surface area contributed by atoms with Crippen LogP contribution in [-0.4, -0.2) is 32.7 Å². The van der Waals surface area contributed by atoms with Crippen LogP contribution >= 0.6 is 23.5 Å². The average Bonchev–Trinajstić information content (AvgIpc) is 2.42. The Morgan fingerprint density at radius 2 is 1.20 bits per heavy atom. The maximum atomic E-state index is 10.7. The third-order valence-electron chi connectivity index (χ3n) is 2.72. The van der Waals surface area contributed by atoms with E-state index in [9.17, 15) is 9.59 Å². The molecular formula is C14H18O4S2. The van der Waals surface area contributed by atoms with Gasteiger partial charge in [-0.2, -0.15) is 0 Å². The van der Waals surface area contributed by atoms with Crippen molar-refractivity contribution < 1.29 is 19.8 Å². The lowest BCUT2D eigenvalue weighted by molar-refractivity contribution is -0.137. The molecule has 0 saturated carbocycles. The largest absolute Gasteiger partial charge is 0.480 e. The topological polar surface area (TPSA) is 74.6 Å². The lowest BCUT2D eigenvalue weighted by Crippen LogP contribution is -2.11. The molecule has 0 aliphatic heterocycles. The number of hydrogen-bond donors (Lipinski definition) is 2. The van der Waals surface area contributed by atoms with Gasteiger partial charge in [0.25, 0.3) is 0 Å². The molecule has 1 aromatic rings. The molecule has 0 aliphatic carbocycles. The van der Waals surface area contributed by atoms with Crippen LogP contribution in [0.1, 0.15) is 25.0 Å². The van der Waals surface area contributed by atoms with Crippen molar-refractivity contribution in [2.75, 3.05) is 0 Å². The molecule has 20 heavy (non-hydrogen) atoms. The molecule has 1 rings (SSSR count). The molecule has 2 atom stereocenters. The van der Waals surface area contributed by atoms with Gasteiger partial charge in [0.15, 0.2) is 0 Å². The molecule has 0 heterocycles. The molecule has 0 spiro atoms. The minimum Gasteiger partial charge on any atom is -0.480 e. The third kappa shape index (κ3) is 5.88. The summed E-state index contributed by atoms with van der Waals surface area (Å²) in [6, 6.07) is 7.84. The SMILES string of the molecule is C[C@@H](SCc1ccc(CS[C@H](C)C(=O)O)cc1)C(=O)O. The predicted octanol–water partition coefficient (Wildman–Crippen LogP) is 3.10. The molecule has 6 heteroatoms. The van der Waals surface area contributed by atoms with Crippen LogP contribution in [0.3, 0.4) is 0 Å². The highest BCUT2D eigenvalue weighted by Crippen LogP contribution is 2.21. The van der Waals surface area contributed by atoms with Crippen molar-refractivity contribution in [3.63, 3.8) is 0 Å². The smallest absolute Gasteiger partial charge is 0.316 e. The first-order chi connectivity index (χ1) is 9.40. The average molecular weight is 314 g/mol. The minimum atomic E-state index is -0.800. The van der Waals surface area contributed by atoms with Gasteiger partial charge in [0, 0.05) is 11.5 Å². The fraction of sp³-hybridized carbons (Fsp3) is 0.429. The van der Waals surface area contributed by atoms with E-state index in [1.807, 2.05) is 24.3 Å². The molecule has 0 amide bonds. The lowest BCUT2D eigenvalue weighted by Gasteiger charge is -2.08. The van der Waals surface area contributed by atoms with E-state index in [1.54, 1.807) is 13.8 Å². The maximum absolute atomic E-state index is 10.7. The first kappa shape index (κ1) is 16.9. The summed E-state index contributed by atoms with van der Waals surface area (Å²) in [5, 5.41) is 16.8. The summed E-state index contributed by atoms with van der Waals surface area (Å²) in [5.41, 5.74) is 2.14. The molecule has 0 aromatic heterocycles. The van der Waals surface area contributed by atoms with Gasteiger partial charge in [-0.25, -0.2) is 0 Å². The summed E-state index contributed by atoms with van der Waals surface area (Å²) in [5.74, 6) is -0.282. The van der Waals surface area contributed by atoms with Crippen LogP contribution < -0.4 is 0 Å². The Labute approximate surface area is 127 Å². The van der Waals surface area contributed by atoms with Crippen LogP contribution in [0, 0.1) is 0 Å². The zero-order valence-corrected chi connectivity index (χ0v) is 13.0. The van der Waals surface area contributed by atoms with Crippen LogP contribution in [0.2, 0.25) is 0 Å². The highest BCUT2D eigenvalue weighted by molar-refractivity contribution is 8.00. The zero-order valence-electron chi connectivity index (χ0n) is 11.4. The van der Waals surface area contributed by atoms with E-state index >= 15 is 0 Å². The highest BCUT2D eigenvalue weighted by Gasteiger charge is 2.12. The second-order valence-electron chi connectivity index (χ2n) is 4.40. The predicted molar refractivity (Wildman–Crippen MR) is 83.2 cm³/mol. The number of thioether (sulfide) groups is 2. The third-order valence-corrected chi connectivity index (χ3v) is 5.12. The Morgan fingerprint density at radius 1 is 0.900 bits per heavy atom. The summed E-state index contributed by atoms with van der Waals surface area (Å²) in [4.78, 5) is 21.4. The molecule has 0 bridgehead atoms. The van der Waals surface area contributed by atoms with Crippen LogP contribution in [0.5, 0.6) is 0 Å². The Kier molecular flexibility index (Phi) is 6.95. The minimum absolute atomic E-state index is 0.415. The first-order valence-electron chi connectivity index (χ1n) is 6.16. The normalized spacial score (nSPS) is 13.7. The molecule has 1 aromatic carbocycles. The van der Waals surface area contributed by atoms with E-state index < -0.39 is 22.4 Å². The fourth-order valence-electron chi connectivity index (χ4n) is 1.32. The summed E-state index contributed by atoms with van der Waals surface area (Å²) in [6.07, 6.45) is 0. The summed E-state index contributed by atoms with van der Waals surface area (Å²) in [7, 11) is 0. The van der Waals surface area contributed by atoms with Crippen molar-refractivity contribution in [3.8, 4) is 0 Å². The number of carbonyl (C=O) groups is 2. The van der Waals surface area contributed by atoms with Gasteiger partial charge in [-0.3, -0.25) is 9.59 Å². The molecular weight excluding hydrogens is 296 g/mol. The Morgan fingerprint density at radius 3 is 1.45 bits per heavy atom. The van der Waals surface area contributed by atoms with Crippen molar-refractivity contribution in [1.29, 1.82) is 0 Å². The second kappa shape index (κ2) is 8.21. The van der Waals surface area contributed by atoms with Gasteiger partial charge in [0.1, 0.15) is 0 Å². The summed E-state index contributed by atoms with van der Waals surface area (Å²) < 4.78 is 0. The molecule has 0 aliphatic rings. The maximum Gasteiger partial charge on any atom is 0.316 e. The fourth-order valence-corrected chi connectivity index (χ4v) is 2.87. The standard InChI is InChI=1S/C14H18O4S2/c1-9(13(15)16)19-7-11-3-5-12(6-4-11)8-20-10(2)14(17)18/h3-6,9-10H,7-8H2,1-2H3,(H,15,16)(H,17,18)/t9-,10-/m1/s1. The molecule has 0 unspecified atom stereocenters. The first-order valence-corrected chi connectivity index (χ1v) is 8.26. The number of aliphatic carboxylic acids is 2. The summed E-state index contributed by atoms with van der Waals surface area (Å²) >= 11 is 2.77. The van der Waals surface area contributed by atoms with E-state index in [0.29, 0.717) is 11.5 Å². The monoisotopic (exact) mass is 314 g/mol. The number of hydrogen-bond acceptors (Lipinski definition) is 4. The lowest BCUT2D eigenvalue weighted by atomic mass is 10.2. The number of benzene rings is 1. The van der Waals surface area contributed by atoms with Gasteiger partial charge in [-0.1, -0.05) is 24.3 Å². The van der Waals surface area contributed by atoms with Crippen LogP contribution in [0.4, 0.5) is 0 Å². The summed E-state index contributed by atoms with van der Waals surface area (Å²) in [6.45, 7) is 3.34. The molecule has 2 N–H and O–H groups in total. The van der Waals surface area contributed by atoms with Gasteiger partial charge in [-0.05, 0) is 25.0 Å². The Hall–Kier alpha value is -1.14. The van der Waals surface area contributed by atoms with Crippen molar-refractivity contribution in [2.45, 2.75) is 35.9 Å². The Balaban J connectivity index is 2.44.